The minimum atomic E-state index is 0.534. The molecule has 1 rings (SSSR count). The zero-order valence-electron chi connectivity index (χ0n) is 10.3. The van der Waals surface area contributed by atoms with Gasteiger partial charge in [0.15, 0.2) is 0 Å². The molecule has 0 amide bonds. The summed E-state index contributed by atoms with van der Waals surface area (Å²) in [6.45, 7) is 7.77. The van der Waals surface area contributed by atoms with Gasteiger partial charge >= 0.3 is 0 Å². The normalized spacial score (nSPS) is 14.7. The summed E-state index contributed by atoms with van der Waals surface area (Å²) in [4.78, 5) is 8.17. The molecule has 2 unspecified atom stereocenters. The minimum absolute atomic E-state index is 0.534. The van der Waals surface area contributed by atoms with Crippen LogP contribution in [0.15, 0.2) is 23.6 Å². The number of thioether (sulfide) groups is 1. The van der Waals surface area contributed by atoms with Crippen LogP contribution in [0.3, 0.4) is 0 Å². The first-order chi connectivity index (χ1) is 7.77. The third-order valence-electron chi connectivity index (χ3n) is 2.52. The number of nitrogens with zero attached hydrogens (tertiary/aromatic N) is 2. The van der Waals surface area contributed by atoms with Crippen molar-refractivity contribution in [2.75, 3.05) is 6.54 Å². The Morgan fingerprint density at radius 1 is 1.44 bits per heavy atom. The molecule has 0 fully saturated rings. The van der Waals surface area contributed by atoms with Crippen molar-refractivity contribution >= 4 is 11.8 Å². The Morgan fingerprint density at radius 2 is 2.25 bits per heavy atom. The summed E-state index contributed by atoms with van der Waals surface area (Å²) in [5, 5.41) is 5.16. The topological polar surface area (TPSA) is 37.8 Å². The SMILES string of the molecule is CCCNC(CC)C(C)Sc1ccncn1. The summed E-state index contributed by atoms with van der Waals surface area (Å²) in [7, 11) is 0. The van der Waals surface area contributed by atoms with Crippen molar-refractivity contribution in [1.82, 2.24) is 15.3 Å². The van der Waals surface area contributed by atoms with E-state index in [1.165, 1.54) is 6.42 Å². The van der Waals surface area contributed by atoms with Gasteiger partial charge in [-0.3, -0.25) is 0 Å². The molecule has 1 aromatic heterocycles. The quantitative estimate of drug-likeness (QED) is 0.586. The lowest BCUT2D eigenvalue weighted by Gasteiger charge is -2.23. The predicted molar refractivity (Wildman–Crippen MR) is 69.7 cm³/mol. The molecular formula is C12H21N3S. The van der Waals surface area contributed by atoms with Crippen LogP contribution in [0.5, 0.6) is 0 Å². The Hall–Kier alpha value is -0.610. The van der Waals surface area contributed by atoms with Crippen LogP contribution in [-0.2, 0) is 0 Å². The fourth-order valence-electron chi connectivity index (χ4n) is 1.59. The molecule has 2 atom stereocenters. The molecule has 3 nitrogen and oxygen atoms in total. The highest BCUT2D eigenvalue weighted by molar-refractivity contribution is 7.99. The van der Waals surface area contributed by atoms with Crippen LogP contribution in [0.2, 0.25) is 0 Å². The Kier molecular flexibility index (Phi) is 6.42. The fraction of sp³-hybridized carbons (Fsp3) is 0.667. The van der Waals surface area contributed by atoms with Crippen molar-refractivity contribution < 1.29 is 0 Å². The molecule has 0 aliphatic heterocycles. The first-order valence-electron chi connectivity index (χ1n) is 5.94. The van der Waals surface area contributed by atoms with Gasteiger partial charge in [0, 0.05) is 17.5 Å². The second-order valence-corrected chi connectivity index (χ2v) is 5.24. The molecule has 4 heteroatoms. The van der Waals surface area contributed by atoms with E-state index < -0.39 is 0 Å². The van der Waals surface area contributed by atoms with Gasteiger partial charge in [-0.1, -0.05) is 20.8 Å². The smallest absolute Gasteiger partial charge is 0.116 e. The third kappa shape index (κ3) is 4.49. The van der Waals surface area contributed by atoms with Gasteiger partial charge in [0.05, 0.1) is 5.03 Å². The maximum Gasteiger partial charge on any atom is 0.116 e. The third-order valence-corrected chi connectivity index (χ3v) is 3.71. The number of rotatable bonds is 7. The number of hydrogen-bond donors (Lipinski definition) is 1. The number of hydrogen-bond acceptors (Lipinski definition) is 4. The van der Waals surface area contributed by atoms with Crippen LogP contribution in [0, 0.1) is 0 Å². The molecule has 1 N–H and O–H groups in total. The first-order valence-corrected chi connectivity index (χ1v) is 6.82. The van der Waals surface area contributed by atoms with E-state index in [0.717, 1.165) is 18.0 Å². The van der Waals surface area contributed by atoms with Gasteiger partial charge in [0.2, 0.25) is 0 Å². The molecule has 1 heterocycles. The molecule has 16 heavy (non-hydrogen) atoms. The summed E-state index contributed by atoms with van der Waals surface area (Å²) in [5.74, 6) is 0. The Labute approximate surface area is 102 Å². The van der Waals surface area contributed by atoms with E-state index in [1.54, 1.807) is 12.5 Å². The van der Waals surface area contributed by atoms with Crippen LogP contribution in [0.25, 0.3) is 0 Å². The number of aromatic nitrogens is 2. The summed E-state index contributed by atoms with van der Waals surface area (Å²) < 4.78 is 0. The van der Waals surface area contributed by atoms with Crippen LogP contribution in [0.4, 0.5) is 0 Å². The minimum Gasteiger partial charge on any atom is -0.313 e. The molecule has 0 aliphatic carbocycles. The summed E-state index contributed by atoms with van der Waals surface area (Å²) >= 11 is 1.81. The number of nitrogens with one attached hydrogen (secondary N) is 1. The monoisotopic (exact) mass is 239 g/mol. The second kappa shape index (κ2) is 7.63. The van der Waals surface area contributed by atoms with Crippen molar-refractivity contribution in [2.24, 2.45) is 0 Å². The maximum atomic E-state index is 4.24. The maximum absolute atomic E-state index is 4.24. The lowest BCUT2D eigenvalue weighted by Crippen LogP contribution is -2.36. The molecule has 0 bridgehead atoms. The molecule has 0 aromatic carbocycles. The molecule has 0 saturated heterocycles. The van der Waals surface area contributed by atoms with Gasteiger partial charge in [0.25, 0.3) is 0 Å². The summed E-state index contributed by atoms with van der Waals surface area (Å²) in [6.07, 6.45) is 5.73. The second-order valence-electron chi connectivity index (χ2n) is 3.84. The largest absolute Gasteiger partial charge is 0.313 e. The first kappa shape index (κ1) is 13.5. The van der Waals surface area contributed by atoms with Crippen LogP contribution in [0.1, 0.15) is 33.6 Å². The Bertz CT molecular complexity index is 279. The van der Waals surface area contributed by atoms with Crippen LogP contribution < -0.4 is 5.32 Å². The van der Waals surface area contributed by atoms with Crippen molar-refractivity contribution in [3.8, 4) is 0 Å². The molecule has 0 aliphatic rings. The van der Waals surface area contributed by atoms with E-state index in [1.807, 2.05) is 17.8 Å². The average Bonchev–Trinajstić information content (AvgIpc) is 2.31. The molecule has 0 saturated carbocycles. The van der Waals surface area contributed by atoms with E-state index in [9.17, 15) is 0 Å². The van der Waals surface area contributed by atoms with Crippen LogP contribution in [-0.4, -0.2) is 27.8 Å². The van der Waals surface area contributed by atoms with E-state index in [0.29, 0.717) is 11.3 Å². The zero-order valence-corrected chi connectivity index (χ0v) is 11.1. The summed E-state index contributed by atoms with van der Waals surface area (Å²) in [5.41, 5.74) is 0. The highest BCUT2D eigenvalue weighted by Gasteiger charge is 2.15. The average molecular weight is 239 g/mol. The standard InChI is InChI=1S/C12H21N3S/c1-4-7-14-11(5-2)10(3)16-12-6-8-13-9-15-12/h6,8-11,14H,4-5,7H2,1-3H3. The van der Waals surface area contributed by atoms with E-state index in [2.05, 4.69) is 36.1 Å². The van der Waals surface area contributed by atoms with E-state index in [-0.39, 0.29) is 0 Å². The van der Waals surface area contributed by atoms with Crippen LogP contribution >= 0.6 is 11.8 Å². The van der Waals surface area contributed by atoms with Crippen molar-refractivity contribution in [3.05, 3.63) is 18.6 Å². The Morgan fingerprint density at radius 3 is 2.81 bits per heavy atom. The van der Waals surface area contributed by atoms with Crippen molar-refractivity contribution in [2.45, 2.75) is 49.9 Å². The fourth-order valence-corrected chi connectivity index (χ4v) is 2.67. The zero-order chi connectivity index (χ0) is 11.8. The van der Waals surface area contributed by atoms with Gasteiger partial charge in [-0.05, 0) is 25.5 Å². The van der Waals surface area contributed by atoms with Crippen molar-refractivity contribution in [1.29, 1.82) is 0 Å². The Balaban J connectivity index is 2.46. The lowest BCUT2D eigenvalue weighted by molar-refractivity contribution is 0.493. The highest BCUT2D eigenvalue weighted by atomic mass is 32.2. The molecular weight excluding hydrogens is 218 g/mol. The van der Waals surface area contributed by atoms with E-state index in [4.69, 9.17) is 0 Å². The van der Waals surface area contributed by atoms with Gasteiger partial charge in [-0.25, -0.2) is 9.97 Å². The predicted octanol–water partition coefficient (Wildman–Crippen LogP) is 2.74. The molecule has 1 aromatic rings. The van der Waals surface area contributed by atoms with Gasteiger partial charge in [-0.2, -0.15) is 0 Å². The van der Waals surface area contributed by atoms with Gasteiger partial charge < -0.3 is 5.32 Å². The highest BCUT2D eigenvalue weighted by Crippen LogP contribution is 2.23. The molecule has 90 valence electrons. The molecule has 0 spiro atoms. The summed E-state index contributed by atoms with van der Waals surface area (Å²) in [6, 6.07) is 2.52. The lowest BCUT2D eigenvalue weighted by atomic mass is 10.1. The molecule has 0 radical (unpaired) electrons. The van der Waals surface area contributed by atoms with E-state index >= 15 is 0 Å². The van der Waals surface area contributed by atoms with Gasteiger partial charge in [0.1, 0.15) is 6.33 Å². The van der Waals surface area contributed by atoms with Crippen molar-refractivity contribution in [3.63, 3.8) is 0 Å². The van der Waals surface area contributed by atoms with Gasteiger partial charge in [-0.15, -0.1) is 11.8 Å².